The number of hydrogen-bond acceptors (Lipinski definition) is 5. The monoisotopic (exact) mass is 400 g/mol. The number of aliphatic hydroxyl groups is 2. The van der Waals surface area contributed by atoms with Crippen LogP contribution >= 0.6 is 0 Å². The van der Waals surface area contributed by atoms with Crippen molar-refractivity contribution in [1.29, 1.82) is 0 Å². The molecule has 8 atom stereocenters. The summed E-state index contributed by atoms with van der Waals surface area (Å²) in [6, 6.07) is 0. The molecule has 1 saturated heterocycles. The Kier molecular flexibility index (Phi) is 3.93. The summed E-state index contributed by atoms with van der Waals surface area (Å²) in [7, 11) is 0. The first kappa shape index (κ1) is 19.5. The van der Waals surface area contributed by atoms with Gasteiger partial charge in [0.1, 0.15) is 23.6 Å². The van der Waals surface area contributed by atoms with Gasteiger partial charge in [-0.1, -0.05) is 26.0 Å². The molecule has 5 heteroatoms. The molecular weight excluding hydrogens is 368 g/mol. The number of carbonyl (C=O) groups is 1. The van der Waals surface area contributed by atoms with Crippen molar-refractivity contribution in [1.82, 2.24) is 0 Å². The molecule has 0 amide bonds. The summed E-state index contributed by atoms with van der Waals surface area (Å²) >= 11 is 0. The Labute approximate surface area is 172 Å². The van der Waals surface area contributed by atoms with E-state index in [0.29, 0.717) is 13.0 Å². The van der Waals surface area contributed by atoms with Crippen LogP contribution in [0.5, 0.6) is 0 Å². The highest BCUT2D eigenvalue weighted by Gasteiger charge is 2.81. The molecular formula is C24H32O5. The lowest BCUT2D eigenvalue weighted by molar-refractivity contribution is -0.165. The SMILES string of the molecule is CCOC1=CC2=CC[C@H]3[C@@H]4CC(C)[C@](O)(C(=O)CO)[C@@]4(C)CC4O[C@]43[C@@]2(C)C=C1. The molecule has 1 heterocycles. The normalized spacial score (nSPS) is 51.8. The number of hydrogen-bond donors (Lipinski definition) is 2. The first-order valence-electron chi connectivity index (χ1n) is 11.0. The number of Topliss-reactive ketones (excluding diaryl/α,β-unsaturated/α-hetero) is 1. The minimum Gasteiger partial charge on any atom is -0.494 e. The molecule has 0 bridgehead atoms. The second-order valence-corrected chi connectivity index (χ2v) is 10.1. The van der Waals surface area contributed by atoms with Crippen molar-refractivity contribution in [3.05, 3.63) is 35.6 Å². The zero-order chi connectivity index (χ0) is 20.8. The molecule has 5 nitrogen and oxygen atoms in total. The van der Waals surface area contributed by atoms with Crippen LogP contribution in [0.15, 0.2) is 35.6 Å². The number of carbonyl (C=O) groups excluding carboxylic acids is 1. The van der Waals surface area contributed by atoms with Crippen LogP contribution in [-0.2, 0) is 14.3 Å². The van der Waals surface area contributed by atoms with Crippen LogP contribution in [0.2, 0.25) is 0 Å². The first-order valence-corrected chi connectivity index (χ1v) is 11.0. The van der Waals surface area contributed by atoms with E-state index in [1.807, 2.05) is 20.8 Å². The highest BCUT2D eigenvalue weighted by Crippen LogP contribution is 2.75. The average molecular weight is 401 g/mol. The minimum atomic E-state index is -1.49. The molecule has 1 aliphatic heterocycles. The second kappa shape index (κ2) is 5.83. The van der Waals surface area contributed by atoms with Crippen molar-refractivity contribution in [2.45, 2.75) is 64.3 Å². The third kappa shape index (κ3) is 2.04. The Hall–Kier alpha value is -1.43. The summed E-state index contributed by atoms with van der Waals surface area (Å²) < 4.78 is 12.3. The van der Waals surface area contributed by atoms with Crippen molar-refractivity contribution >= 4 is 5.78 Å². The van der Waals surface area contributed by atoms with Crippen LogP contribution in [0.1, 0.15) is 47.0 Å². The van der Waals surface area contributed by atoms with Gasteiger partial charge in [-0.25, -0.2) is 0 Å². The molecule has 0 aromatic carbocycles. The highest BCUT2D eigenvalue weighted by molar-refractivity contribution is 5.90. The molecule has 5 aliphatic rings. The van der Waals surface area contributed by atoms with Gasteiger partial charge in [-0.15, -0.1) is 0 Å². The molecule has 2 N–H and O–H groups in total. The van der Waals surface area contributed by atoms with Crippen molar-refractivity contribution in [2.75, 3.05) is 13.2 Å². The fraction of sp³-hybridized carbons (Fsp3) is 0.708. The molecule has 158 valence electrons. The lowest BCUT2D eigenvalue weighted by Crippen LogP contribution is -2.61. The Morgan fingerprint density at radius 2 is 2.10 bits per heavy atom. The molecule has 1 spiro atoms. The van der Waals surface area contributed by atoms with Crippen molar-refractivity contribution < 1.29 is 24.5 Å². The number of epoxide rings is 1. The number of ether oxygens (including phenoxy) is 2. The van der Waals surface area contributed by atoms with E-state index in [-0.39, 0.29) is 34.9 Å². The maximum atomic E-state index is 12.7. The highest BCUT2D eigenvalue weighted by atomic mass is 16.6. The summed E-state index contributed by atoms with van der Waals surface area (Å²) in [4.78, 5) is 12.7. The van der Waals surface area contributed by atoms with Crippen LogP contribution in [-0.4, -0.2) is 46.5 Å². The summed E-state index contributed by atoms with van der Waals surface area (Å²) in [5, 5.41) is 21.2. The summed E-state index contributed by atoms with van der Waals surface area (Å²) in [5.41, 5.74) is -1.32. The van der Waals surface area contributed by atoms with E-state index >= 15 is 0 Å². The number of rotatable bonds is 4. The maximum Gasteiger partial charge on any atom is 0.190 e. The number of allylic oxidation sites excluding steroid dienone is 3. The molecule has 0 aromatic rings. The molecule has 2 saturated carbocycles. The van der Waals surface area contributed by atoms with Crippen LogP contribution in [0.4, 0.5) is 0 Å². The van der Waals surface area contributed by atoms with Crippen LogP contribution in [0, 0.1) is 28.6 Å². The van der Waals surface area contributed by atoms with Gasteiger partial charge in [0.2, 0.25) is 0 Å². The molecule has 5 rings (SSSR count). The zero-order valence-electron chi connectivity index (χ0n) is 17.8. The Morgan fingerprint density at radius 3 is 2.79 bits per heavy atom. The molecule has 0 radical (unpaired) electrons. The van der Waals surface area contributed by atoms with E-state index in [1.54, 1.807) is 0 Å². The van der Waals surface area contributed by atoms with E-state index in [1.165, 1.54) is 5.57 Å². The van der Waals surface area contributed by atoms with Crippen molar-refractivity contribution in [2.24, 2.45) is 28.6 Å². The standard InChI is InChI=1S/C24H32O5/c1-5-28-16-8-9-21(3)15(11-16)6-7-17-18-10-14(2)23(27,19(26)13-25)22(18,4)12-20-24(17,21)29-20/h6,8-9,11,14,17-18,20,25,27H,5,7,10,12-13H2,1-4H3/t14?,17-,18-,20?,21-,22-,23-,24-/m0/s1. The maximum absolute atomic E-state index is 12.7. The van der Waals surface area contributed by atoms with Gasteiger partial charge in [-0.05, 0) is 68.6 Å². The summed E-state index contributed by atoms with van der Waals surface area (Å²) in [6.07, 6.45) is 11.1. The topological polar surface area (TPSA) is 79.3 Å². The van der Waals surface area contributed by atoms with Gasteiger partial charge in [-0.2, -0.15) is 0 Å². The third-order valence-electron chi connectivity index (χ3n) is 9.18. The van der Waals surface area contributed by atoms with Crippen LogP contribution in [0.25, 0.3) is 0 Å². The Bertz CT molecular complexity index is 857. The fourth-order valence-corrected chi connectivity index (χ4v) is 7.71. The Morgan fingerprint density at radius 1 is 1.34 bits per heavy atom. The second-order valence-electron chi connectivity index (χ2n) is 10.1. The van der Waals surface area contributed by atoms with E-state index in [2.05, 4.69) is 31.2 Å². The number of fused-ring (bicyclic) bond motifs is 3. The fourth-order valence-electron chi connectivity index (χ4n) is 7.71. The third-order valence-corrected chi connectivity index (χ3v) is 9.18. The van der Waals surface area contributed by atoms with E-state index in [4.69, 9.17) is 9.47 Å². The van der Waals surface area contributed by atoms with Gasteiger partial charge in [0.25, 0.3) is 0 Å². The molecule has 29 heavy (non-hydrogen) atoms. The van der Waals surface area contributed by atoms with E-state index in [0.717, 1.165) is 18.6 Å². The predicted octanol–water partition coefficient (Wildman–Crippen LogP) is 2.93. The van der Waals surface area contributed by atoms with Gasteiger partial charge in [0.05, 0.1) is 12.7 Å². The smallest absolute Gasteiger partial charge is 0.190 e. The average Bonchev–Trinajstić information content (AvgIpc) is 3.37. The van der Waals surface area contributed by atoms with E-state index in [9.17, 15) is 15.0 Å². The number of aliphatic hydroxyl groups excluding tert-OH is 1. The lowest BCUT2D eigenvalue weighted by Gasteiger charge is -2.54. The van der Waals surface area contributed by atoms with Crippen LogP contribution in [0.3, 0.4) is 0 Å². The lowest BCUT2D eigenvalue weighted by atomic mass is 9.48. The van der Waals surface area contributed by atoms with Crippen LogP contribution < -0.4 is 0 Å². The van der Waals surface area contributed by atoms with E-state index < -0.39 is 23.4 Å². The van der Waals surface area contributed by atoms with Gasteiger partial charge in [-0.3, -0.25) is 4.79 Å². The molecule has 3 fully saturated rings. The quantitative estimate of drug-likeness (QED) is 0.710. The molecule has 2 unspecified atom stereocenters. The zero-order valence-corrected chi connectivity index (χ0v) is 17.8. The molecule has 0 aromatic heterocycles. The Balaban J connectivity index is 1.57. The molecule has 4 aliphatic carbocycles. The number of ketones is 1. The minimum absolute atomic E-state index is 0.0115. The van der Waals surface area contributed by atoms with Crippen molar-refractivity contribution in [3.8, 4) is 0 Å². The van der Waals surface area contributed by atoms with Gasteiger partial charge >= 0.3 is 0 Å². The first-order chi connectivity index (χ1) is 13.7. The largest absolute Gasteiger partial charge is 0.494 e. The van der Waals surface area contributed by atoms with Gasteiger partial charge in [0.15, 0.2) is 5.78 Å². The summed E-state index contributed by atoms with van der Waals surface area (Å²) in [5.74, 6) is 0.701. The van der Waals surface area contributed by atoms with Gasteiger partial charge in [0, 0.05) is 10.8 Å². The summed E-state index contributed by atoms with van der Waals surface area (Å²) in [6.45, 7) is 8.28. The van der Waals surface area contributed by atoms with Gasteiger partial charge < -0.3 is 19.7 Å². The predicted molar refractivity (Wildman–Crippen MR) is 108 cm³/mol. The van der Waals surface area contributed by atoms with Crippen molar-refractivity contribution in [3.63, 3.8) is 0 Å².